The molecule has 5 nitrogen and oxygen atoms in total. The van der Waals surface area contributed by atoms with E-state index in [-0.39, 0.29) is 11.9 Å². The molecule has 2 aromatic rings. The second-order valence-electron chi connectivity index (χ2n) is 5.15. The van der Waals surface area contributed by atoms with Crippen LogP contribution in [0.3, 0.4) is 0 Å². The molecule has 0 saturated heterocycles. The van der Waals surface area contributed by atoms with E-state index in [0.29, 0.717) is 15.6 Å². The van der Waals surface area contributed by atoms with Crippen molar-refractivity contribution in [2.75, 3.05) is 5.32 Å². The van der Waals surface area contributed by atoms with Gasteiger partial charge in [0.05, 0.1) is 11.6 Å². The van der Waals surface area contributed by atoms with E-state index in [2.05, 4.69) is 10.6 Å². The van der Waals surface area contributed by atoms with Crippen molar-refractivity contribution in [3.8, 4) is 0 Å². The van der Waals surface area contributed by atoms with Gasteiger partial charge >= 0.3 is 0 Å². The minimum absolute atomic E-state index is 0.0941. The highest BCUT2D eigenvalue weighted by Gasteiger charge is 2.20. The van der Waals surface area contributed by atoms with Crippen LogP contribution in [-0.2, 0) is 4.79 Å². The molecule has 0 radical (unpaired) electrons. The number of rotatable bonds is 6. The molecular formula is C16H18ClN3O2S. The van der Waals surface area contributed by atoms with Crippen LogP contribution < -0.4 is 16.4 Å². The van der Waals surface area contributed by atoms with Crippen molar-refractivity contribution in [3.05, 3.63) is 51.9 Å². The predicted molar refractivity (Wildman–Crippen MR) is 93.9 cm³/mol. The van der Waals surface area contributed by atoms with Gasteiger partial charge in [0, 0.05) is 11.1 Å². The van der Waals surface area contributed by atoms with Crippen LogP contribution in [0.5, 0.6) is 0 Å². The second kappa shape index (κ2) is 7.59. The van der Waals surface area contributed by atoms with Gasteiger partial charge in [-0.3, -0.25) is 14.9 Å². The zero-order valence-corrected chi connectivity index (χ0v) is 14.4. The fourth-order valence-corrected chi connectivity index (χ4v) is 3.28. The number of nitrogens with two attached hydrogens (primary N) is 1. The summed E-state index contributed by atoms with van der Waals surface area (Å²) in [5.74, 6) is -0.805. The van der Waals surface area contributed by atoms with Crippen LogP contribution in [0.25, 0.3) is 0 Å². The highest BCUT2D eigenvalue weighted by atomic mass is 35.5. The smallest absolute Gasteiger partial charge is 0.251 e. The summed E-state index contributed by atoms with van der Waals surface area (Å²) in [6.07, 6.45) is 0. The van der Waals surface area contributed by atoms with Crippen LogP contribution in [0.15, 0.2) is 35.7 Å². The summed E-state index contributed by atoms with van der Waals surface area (Å²) in [6, 6.07) is 8.51. The standard InChI is InChI=1S/C16H18ClN3O2S/c1-9(11-5-3-4-6-13(11)17)19-10(2)15(22)20-16-12(14(18)21)7-8-23-16/h3-10,19H,1-2H3,(H2,18,21)(H,20,22)/t9-,10-/m0/s1. The van der Waals surface area contributed by atoms with E-state index in [9.17, 15) is 9.59 Å². The lowest BCUT2D eigenvalue weighted by atomic mass is 10.1. The summed E-state index contributed by atoms with van der Waals surface area (Å²) in [5.41, 5.74) is 6.50. The summed E-state index contributed by atoms with van der Waals surface area (Å²) in [7, 11) is 0. The number of benzene rings is 1. The van der Waals surface area contributed by atoms with E-state index in [0.717, 1.165) is 5.56 Å². The molecule has 0 bridgehead atoms. The molecule has 0 spiro atoms. The Hall–Kier alpha value is -1.89. The van der Waals surface area contributed by atoms with Crippen molar-refractivity contribution in [2.24, 2.45) is 5.73 Å². The number of hydrogen-bond donors (Lipinski definition) is 3. The van der Waals surface area contributed by atoms with Crippen molar-refractivity contribution in [1.29, 1.82) is 0 Å². The van der Waals surface area contributed by atoms with Gasteiger partial charge in [0.15, 0.2) is 0 Å². The summed E-state index contributed by atoms with van der Waals surface area (Å²) >= 11 is 7.42. The molecule has 1 heterocycles. The Morgan fingerprint density at radius 1 is 1.22 bits per heavy atom. The average Bonchev–Trinajstić information content (AvgIpc) is 2.95. The maximum absolute atomic E-state index is 12.3. The average molecular weight is 352 g/mol. The maximum atomic E-state index is 12.3. The Morgan fingerprint density at radius 3 is 2.57 bits per heavy atom. The van der Waals surface area contributed by atoms with Crippen LogP contribution in [-0.4, -0.2) is 17.9 Å². The zero-order valence-electron chi connectivity index (χ0n) is 12.8. The van der Waals surface area contributed by atoms with E-state index in [4.69, 9.17) is 17.3 Å². The number of hydrogen-bond acceptors (Lipinski definition) is 4. The fraction of sp³-hybridized carbons (Fsp3) is 0.250. The van der Waals surface area contributed by atoms with E-state index in [1.807, 2.05) is 31.2 Å². The molecule has 0 aliphatic heterocycles. The largest absolute Gasteiger partial charge is 0.366 e. The van der Waals surface area contributed by atoms with E-state index in [1.165, 1.54) is 11.3 Å². The summed E-state index contributed by atoms with van der Waals surface area (Å²) < 4.78 is 0. The highest BCUT2D eigenvalue weighted by molar-refractivity contribution is 7.14. The third kappa shape index (κ3) is 4.31. The summed E-state index contributed by atoms with van der Waals surface area (Å²) in [5, 5.41) is 8.73. The number of anilines is 1. The third-order valence-electron chi connectivity index (χ3n) is 3.43. The molecule has 0 aliphatic carbocycles. The molecule has 2 atom stereocenters. The first-order chi connectivity index (χ1) is 10.9. The Morgan fingerprint density at radius 2 is 1.91 bits per heavy atom. The number of carbonyl (C=O) groups is 2. The molecular weight excluding hydrogens is 334 g/mol. The second-order valence-corrected chi connectivity index (χ2v) is 6.47. The number of thiophene rings is 1. The summed E-state index contributed by atoms with van der Waals surface area (Å²) in [6.45, 7) is 3.69. The molecule has 4 N–H and O–H groups in total. The molecule has 122 valence electrons. The molecule has 0 aliphatic rings. The number of halogens is 1. The molecule has 2 amide bonds. The van der Waals surface area contributed by atoms with Crippen LogP contribution in [0.2, 0.25) is 5.02 Å². The number of primary amides is 1. The maximum Gasteiger partial charge on any atom is 0.251 e. The normalized spacial score (nSPS) is 13.3. The Balaban J connectivity index is 2.01. The van der Waals surface area contributed by atoms with Gasteiger partial charge in [0.2, 0.25) is 5.91 Å². The highest BCUT2D eigenvalue weighted by Crippen LogP contribution is 2.24. The Labute approximate surface area is 143 Å². The van der Waals surface area contributed by atoms with Crippen molar-refractivity contribution >= 4 is 39.8 Å². The van der Waals surface area contributed by atoms with Crippen LogP contribution in [0.4, 0.5) is 5.00 Å². The van der Waals surface area contributed by atoms with Gasteiger partial charge in [-0.1, -0.05) is 29.8 Å². The van der Waals surface area contributed by atoms with Gasteiger partial charge in [0.25, 0.3) is 5.91 Å². The number of carbonyl (C=O) groups excluding carboxylic acids is 2. The van der Waals surface area contributed by atoms with Gasteiger partial charge in [-0.25, -0.2) is 0 Å². The Bertz CT molecular complexity index is 717. The SMILES string of the molecule is C[C@H](N[C@@H](C)c1ccccc1Cl)C(=O)Nc1sccc1C(N)=O. The predicted octanol–water partition coefficient (Wildman–Crippen LogP) is 3.18. The minimum atomic E-state index is -0.563. The lowest BCUT2D eigenvalue weighted by Crippen LogP contribution is -2.39. The fourth-order valence-electron chi connectivity index (χ4n) is 2.19. The molecule has 1 aromatic carbocycles. The number of nitrogens with one attached hydrogen (secondary N) is 2. The molecule has 0 saturated carbocycles. The van der Waals surface area contributed by atoms with Crippen molar-refractivity contribution in [1.82, 2.24) is 5.32 Å². The van der Waals surface area contributed by atoms with Gasteiger partial charge < -0.3 is 11.1 Å². The topological polar surface area (TPSA) is 84.2 Å². The quantitative estimate of drug-likeness (QED) is 0.747. The molecule has 2 rings (SSSR count). The monoisotopic (exact) mass is 351 g/mol. The van der Waals surface area contributed by atoms with Gasteiger partial charge in [0.1, 0.15) is 5.00 Å². The third-order valence-corrected chi connectivity index (χ3v) is 4.61. The molecule has 1 aromatic heterocycles. The van der Waals surface area contributed by atoms with Crippen molar-refractivity contribution < 1.29 is 9.59 Å². The van der Waals surface area contributed by atoms with Gasteiger partial charge in [-0.2, -0.15) is 0 Å². The molecule has 23 heavy (non-hydrogen) atoms. The Kier molecular flexibility index (Phi) is 5.76. The van der Waals surface area contributed by atoms with Crippen LogP contribution in [0.1, 0.15) is 35.8 Å². The van der Waals surface area contributed by atoms with E-state index < -0.39 is 11.9 Å². The van der Waals surface area contributed by atoms with E-state index >= 15 is 0 Å². The van der Waals surface area contributed by atoms with Crippen LogP contribution in [0, 0.1) is 0 Å². The zero-order chi connectivity index (χ0) is 17.0. The lowest BCUT2D eigenvalue weighted by Gasteiger charge is -2.20. The molecule has 7 heteroatoms. The van der Waals surface area contributed by atoms with E-state index in [1.54, 1.807) is 18.4 Å². The van der Waals surface area contributed by atoms with Crippen molar-refractivity contribution in [3.63, 3.8) is 0 Å². The lowest BCUT2D eigenvalue weighted by molar-refractivity contribution is -0.117. The molecule has 0 fully saturated rings. The minimum Gasteiger partial charge on any atom is -0.366 e. The van der Waals surface area contributed by atoms with Crippen molar-refractivity contribution in [2.45, 2.75) is 25.9 Å². The molecule has 0 unspecified atom stereocenters. The van der Waals surface area contributed by atoms with Gasteiger partial charge in [-0.15, -0.1) is 11.3 Å². The first kappa shape index (κ1) is 17.5. The first-order valence-corrected chi connectivity index (χ1v) is 8.34. The first-order valence-electron chi connectivity index (χ1n) is 7.08. The number of amides is 2. The summed E-state index contributed by atoms with van der Waals surface area (Å²) in [4.78, 5) is 23.6. The van der Waals surface area contributed by atoms with Gasteiger partial charge in [-0.05, 0) is 36.9 Å². The van der Waals surface area contributed by atoms with Crippen LogP contribution >= 0.6 is 22.9 Å².